The van der Waals surface area contributed by atoms with Crippen LogP contribution in [0, 0.1) is 6.92 Å². The number of aryl methyl sites for hydroxylation is 1. The highest BCUT2D eigenvalue weighted by Crippen LogP contribution is 2.22. The number of hydrogen-bond donors (Lipinski definition) is 0. The number of hydrogen-bond acceptors (Lipinski definition) is 4. The molecule has 1 saturated heterocycles. The minimum Gasteiger partial charge on any atom is -0.295 e. The number of aromatic nitrogens is 2. The van der Waals surface area contributed by atoms with Gasteiger partial charge in [-0.15, -0.1) is 0 Å². The van der Waals surface area contributed by atoms with E-state index < -0.39 is 0 Å². The van der Waals surface area contributed by atoms with E-state index in [2.05, 4.69) is 50.4 Å². The summed E-state index contributed by atoms with van der Waals surface area (Å²) < 4.78 is 1.76. The molecule has 2 aromatic carbocycles. The molecule has 6 heteroatoms. The molecule has 4 rings (SSSR count). The summed E-state index contributed by atoms with van der Waals surface area (Å²) in [5.41, 5.74) is 4.05. The smallest absolute Gasteiger partial charge is 0.142 e. The van der Waals surface area contributed by atoms with Crippen molar-refractivity contribution in [2.24, 2.45) is 5.10 Å². The van der Waals surface area contributed by atoms with Crippen LogP contribution in [0.5, 0.6) is 0 Å². The van der Waals surface area contributed by atoms with Gasteiger partial charge in [0.05, 0.1) is 23.2 Å². The number of halogens is 1. The summed E-state index contributed by atoms with van der Waals surface area (Å²) in [6, 6.07) is 20.5. The fraction of sp³-hybridized carbons (Fsp3) is 0.273. The third-order valence-corrected chi connectivity index (χ3v) is 5.36. The van der Waals surface area contributed by atoms with Crippen LogP contribution in [-0.2, 0) is 6.54 Å². The minimum absolute atomic E-state index is 0.593. The Bertz CT molecular complexity index is 928. The molecule has 0 atom stereocenters. The summed E-state index contributed by atoms with van der Waals surface area (Å²) in [5.74, 6) is 0. The van der Waals surface area contributed by atoms with Crippen LogP contribution in [0.3, 0.4) is 0 Å². The van der Waals surface area contributed by atoms with Gasteiger partial charge < -0.3 is 0 Å². The summed E-state index contributed by atoms with van der Waals surface area (Å²) in [6.45, 7) is 6.78. The van der Waals surface area contributed by atoms with Crippen LogP contribution in [0.25, 0.3) is 5.69 Å². The van der Waals surface area contributed by atoms with Crippen LogP contribution in [0.15, 0.2) is 65.8 Å². The first kappa shape index (κ1) is 18.7. The quantitative estimate of drug-likeness (QED) is 0.615. The number of nitrogens with zero attached hydrogens (tertiary/aromatic N) is 5. The van der Waals surface area contributed by atoms with Crippen molar-refractivity contribution in [2.75, 3.05) is 26.2 Å². The monoisotopic (exact) mass is 393 g/mol. The molecular formula is C22H24ClN5. The summed E-state index contributed by atoms with van der Waals surface area (Å²) >= 11 is 6.58. The summed E-state index contributed by atoms with van der Waals surface area (Å²) in [5, 5.41) is 11.9. The molecule has 1 fully saturated rings. The van der Waals surface area contributed by atoms with Crippen molar-refractivity contribution in [3.8, 4) is 5.69 Å². The molecule has 5 nitrogen and oxygen atoms in total. The van der Waals surface area contributed by atoms with Gasteiger partial charge in [0.1, 0.15) is 5.15 Å². The first-order chi connectivity index (χ1) is 13.7. The van der Waals surface area contributed by atoms with Crippen LogP contribution in [0.4, 0.5) is 0 Å². The maximum absolute atomic E-state index is 6.58. The van der Waals surface area contributed by atoms with Crippen molar-refractivity contribution in [1.82, 2.24) is 19.7 Å². The molecule has 2 heterocycles. The van der Waals surface area contributed by atoms with Gasteiger partial charge in [0, 0.05) is 32.7 Å². The van der Waals surface area contributed by atoms with E-state index in [0.717, 1.165) is 49.7 Å². The third kappa shape index (κ3) is 4.26. The first-order valence-electron chi connectivity index (χ1n) is 9.56. The summed E-state index contributed by atoms with van der Waals surface area (Å²) in [7, 11) is 0. The standard InChI is InChI=1S/C22H24ClN5/c1-18-21(22(23)28(25-18)20-10-6-3-7-11-20)16-24-27-14-12-26(13-15-27)17-19-8-4-2-5-9-19/h2-11,16H,12-15,17H2,1H3. The van der Waals surface area contributed by atoms with Gasteiger partial charge in [-0.05, 0) is 24.6 Å². The highest BCUT2D eigenvalue weighted by molar-refractivity contribution is 6.32. The Kier molecular flexibility index (Phi) is 5.74. The molecule has 0 saturated carbocycles. The van der Waals surface area contributed by atoms with Crippen molar-refractivity contribution in [3.63, 3.8) is 0 Å². The highest BCUT2D eigenvalue weighted by Gasteiger charge is 2.17. The molecule has 144 valence electrons. The van der Waals surface area contributed by atoms with Gasteiger partial charge in [0.2, 0.25) is 0 Å². The number of rotatable bonds is 5. The normalized spacial score (nSPS) is 15.4. The van der Waals surface area contributed by atoms with Gasteiger partial charge in [-0.3, -0.25) is 9.91 Å². The van der Waals surface area contributed by atoms with Gasteiger partial charge in [0.15, 0.2) is 0 Å². The molecule has 3 aromatic rings. The highest BCUT2D eigenvalue weighted by atomic mass is 35.5. The van der Waals surface area contributed by atoms with Gasteiger partial charge in [0.25, 0.3) is 0 Å². The molecule has 0 bridgehead atoms. The van der Waals surface area contributed by atoms with Gasteiger partial charge in [-0.25, -0.2) is 4.68 Å². The Balaban J connectivity index is 1.38. The Labute approximate surface area is 170 Å². The van der Waals surface area contributed by atoms with Crippen LogP contribution in [-0.4, -0.2) is 52.1 Å². The topological polar surface area (TPSA) is 36.7 Å². The number of benzene rings is 2. The molecule has 0 unspecified atom stereocenters. The van der Waals surface area contributed by atoms with Crippen LogP contribution in [0.1, 0.15) is 16.8 Å². The van der Waals surface area contributed by atoms with Crippen molar-refractivity contribution >= 4 is 17.8 Å². The first-order valence-corrected chi connectivity index (χ1v) is 9.94. The largest absolute Gasteiger partial charge is 0.295 e. The van der Waals surface area contributed by atoms with E-state index in [1.165, 1.54) is 5.56 Å². The molecule has 0 aliphatic carbocycles. The lowest BCUT2D eigenvalue weighted by Gasteiger charge is -2.33. The van der Waals surface area contributed by atoms with E-state index in [-0.39, 0.29) is 0 Å². The summed E-state index contributed by atoms with van der Waals surface area (Å²) in [4.78, 5) is 2.47. The van der Waals surface area contributed by atoms with E-state index in [9.17, 15) is 0 Å². The maximum Gasteiger partial charge on any atom is 0.142 e. The third-order valence-electron chi connectivity index (χ3n) is 5.00. The van der Waals surface area contributed by atoms with E-state index in [4.69, 9.17) is 11.6 Å². The molecular weight excluding hydrogens is 370 g/mol. The molecule has 0 N–H and O–H groups in total. The van der Waals surface area contributed by atoms with Gasteiger partial charge in [-0.2, -0.15) is 10.2 Å². The van der Waals surface area contributed by atoms with Crippen molar-refractivity contribution < 1.29 is 0 Å². The van der Waals surface area contributed by atoms with Gasteiger partial charge in [-0.1, -0.05) is 60.1 Å². The van der Waals surface area contributed by atoms with E-state index >= 15 is 0 Å². The van der Waals surface area contributed by atoms with Crippen LogP contribution in [0.2, 0.25) is 5.15 Å². The van der Waals surface area contributed by atoms with Crippen molar-refractivity contribution in [2.45, 2.75) is 13.5 Å². The van der Waals surface area contributed by atoms with Crippen molar-refractivity contribution in [3.05, 3.63) is 82.6 Å². The lowest BCUT2D eigenvalue weighted by molar-refractivity contribution is 0.131. The minimum atomic E-state index is 0.593. The fourth-order valence-electron chi connectivity index (χ4n) is 3.39. The molecule has 28 heavy (non-hydrogen) atoms. The number of piperazine rings is 1. The lowest BCUT2D eigenvalue weighted by Crippen LogP contribution is -2.43. The average molecular weight is 394 g/mol. The van der Waals surface area contributed by atoms with Crippen molar-refractivity contribution in [1.29, 1.82) is 0 Å². The molecule has 1 aliphatic heterocycles. The molecule has 0 radical (unpaired) electrons. The second-order valence-electron chi connectivity index (χ2n) is 7.00. The Morgan fingerprint density at radius 1 is 0.964 bits per heavy atom. The predicted molar refractivity (Wildman–Crippen MR) is 114 cm³/mol. The van der Waals surface area contributed by atoms with Crippen LogP contribution < -0.4 is 0 Å². The SMILES string of the molecule is Cc1nn(-c2ccccc2)c(Cl)c1C=NN1CCN(Cc2ccccc2)CC1. The maximum atomic E-state index is 6.58. The Morgan fingerprint density at radius 2 is 1.61 bits per heavy atom. The molecule has 1 aliphatic rings. The molecule has 1 aromatic heterocycles. The number of hydrazone groups is 1. The van der Waals surface area contributed by atoms with Crippen LogP contribution >= 0.6 is 11.6 Å². The van der Waals surface area contributed by atoms with E-state index in [1.54, 1.807) is 4.68 Å². The zero-order valence-corrected chi connectivity index (χ0v) is 16.8. The zero-order chi connectivity index (χ0) is 19.3. The molecule has 0 spiro atoms. The zero-order valence-electron chi connectivity index (χ0n) is 16.0. The summed E-state index contributed by atoms with van der Waals surface area (Å²) in [6.07, 6.45) is 1.84. The van der Waals surface area contributed by atoms with Gasteiger partial charge >= 0.3 is 0 Å². The average Bonchev–Trinajstić information content (AvgIpc) is 3.02. The Morgan fingerprint density at radius 3 is 2.29 bits per heavy atom. The number of para-hydroxylation sites is 1. The molecule has 0 amide bonds. The lowest BCUT2D eigenvalue weighted by atomic mass is 10.2. The second-order valence-corrected chi connectivity index (χ2v) is 7.36. The predicted octanol–water partition coefficient (Wildman–Crippen LogP) is 3.99. The van der Waals surface area contributed by atoms with E-state index in [0.29, 0.717) is 5.15 Å². The van der Waals surface area contributed by atoms with E-state index in [1.807, 2.05) is 43.5 Å². The second kappa shape index (κ2) is 8.59. The fourth-order valence-corrected chi connectivity index (χ4v) is 3.71. The Hall–Kier alpha value is -2.63.